The van der Waals surface area contributed by atoms with Crippen LogP contribution in [-0.2, 0) is 0 Å². The summed E-state index contributed by atoms with van der Waals surface area (Å²) in [6, 6.07) is 9.42. The molecule has 0 aliphatic heterocycles. The van der Waals surface area contributed by atoms with E-state index < -0.39 is 18.6 Å². The van der Waals surface area contributed by atoms with Gasteiger partial charge in [-0.15, -0.1) is 12.4 Å². The van der Waals surface area contributed by atoms with Gasteiger partial charge < -0.3 is 10.5 Å². The lowest BCUT2D eigenvalue weighted by Gasteiger charge is -2.15. The smallest absolute Gasteiger partial charge is 0.390 e. The Labute approximate surface area is 121 Å². The van der Waals surface area contributed by atoms with Crippen LogP contribution in [0.3, 0.4) is 0 Å². The minimum absolute atomic E-state index is 0. The fourth-order valence-corrected chi connectivity index (χ4v) is 1.97. The average molecular weight is 306 g/mol. The quantitative estimate of drug-likeness (QED) is 0.921. The van der Waals surface area contributed by atoms with Crippen molar-refractivity contribution in [1.82, 2.24) is 0 Å². The van der Waals surface area contributed by atoms with Gasteiger partial charge in [0.05, 0.1) is 13.5 Å². The van der Waals surface area contributed by atoms with Crippen molar-refractivity contribution in [2.75, 3.05) is 7.11 Å². The number of benzene rings is 2. The second kappa shape index (κ2) is 6.33. The minimum Gasteiger partial charge on any atom is -0.497 e. The van der Waals surface area contributed by atoms with Crippen LogP contribution in [0.2, 0.25) is 0 Å². The fraction of sp³-hybridized carbons (Fsp3) is 0.286. The number of ether oxygens (including phenoxy) is 1. The van der Waals surface area contributed by atoms with Crippen LogP contribution in [0, 0.1) is 0 Å². The van der Waals surface area contributed by atoms with Crippen LogP contribution in [-0.4, -0.2) is 13.3 Å². The normalized spacial score (nSPS) is 12.8. The first-order valence-electron chi connectivity index (χ1n) is 5.79. The molecule has 0 saturated carbocycles. The Bertz CT molecular complexity index is 586. The number of methoxy groups -OCH3 is 1. The van der Waals surface area contributed by atoms with Crippen LogP contribution in [0.15, 0.2) is 36.4 Å². The summed E-state index contributed by atoms with van der Waals surface area (Å²) in [5.41, 5.74) is 6.07. The van der Waals surface area contributed by atoms with E-state index in [4.69, 9.17) is 10.5 Å². The molecule has 110 valence electrons. The molecular weight excluding hydrogens is 291 g/mol. The van der Waals surface area contributed by atoms with E-state index in [1.165, 1.54) is 0 Å². The Kier molecular flexibility index (Phi) is 5.25. The summed E-state index contributed by atoms with van der Waals surface area (Å²) in [6.07, 6.45) is -5.27. The highest BCUT2D eigenvalue weighted by atomic mass is 35.5. The molecule has 0 aliphatic rings. The number of hydrogen-bond donors (Lipinski definition) is 1. The van der Waals surface area contributed by atoms with Gasteiger partial charge in [-0.2, -0.15) is 13.2 Å². The molecule has 0 saturated heterocycles. The van der Waals surface area contributed by atoms with Gasteiger partial charge >= 0.3 is 6.18 Å². The van der Waals surface area contributed by atoms with E-state index in [1.54, 1.807) is 37.4 Å². The molecule has 0 spiro atoms. The van der Waals surface area contributed by atoms with Crippen LogP contribution in [0.4, 0.5) is 13.2 Å². The van der Waals surface area contributed by atoms with Crippen molar-refractivity contribution in [1.29, 1.82) is 0 Å². The summed E-state index contributed by atoms with van der Waals surface area (Å²) in [6.45, 7) is 0. The molecule has 6 heteroatoms. The summed E-state index contributed by atoms with van der Waals surface area (Å²) in [4.78, 5) is 0. The van der Waals surface area contributed by atoms with E-state index in [1.807, 2.05) is 6.07 Å². The maximum absolute atomic E-state index is 12.3. The summed E-state index contributed by atoms with van der Waals surface area (Å²) in [5, 5.41) is 1.75. The highest BCUT2D eigenvalue weighted by Gasteiger charge is 2.30. The molecule has 0 fully saturated rings. The van der Waals surface area contributed by atoms with Gasteiger partial charge in [0.2, 0.25) is 0 Å². The Morgan fingerprint density at radius 3 is 2.30 bits per heavy atom. The molecule has 0 unspecified atom stereocenters. The zero-order valence-corrected chi connectivity index (χ0v) is 11.6. The van der Waals surface area contributed by atoms with Crippen molar-refractivity contribution < 1.29 is 17.9 Å². The lowest BCUT2D eigenvalue weighted by atomic mass is 10.00. The molecule has 0 aromatic heterocycles. The highest BCUT2D eigenvalue weighted by molar-refractivity contribution is 5.85. The van der Waals surface area contributed by atoms with Gasteiger partial charge in [-0.25, -0.2) is 0 Å². The zero-order chi connectivity index (χ0) is 14.0. The topological polar surface area (TPSA) is 35.2 Å². The van der Waals surface area contributed by atoms with Crippen molar-refractivity contribution in [3.05, 3.63) is 42.0 Å². The molecule has 0 heterocycles. The Morgan fingerprint density at radius 2 is 1.70 bits per heavy atom. The Morgan fingerprint density at radius 1 is 1.10 bits per heavy atom. The summed E-state index contributed by atoms with van der Waals surface area (Å²) in [7, 11) is 1.56. The van der Waals surface area contributed by atoms with Gasteiger partial charge in [0.1, 0.15) is 5.75 Å². The van der Waals surface area contributed by atoms with E-state index in [-0.39, 0.29) is 12.4 Å². The fourth-order valence-electron chi connectivity index (χ4n) is 1.97. The number of rotatable bonds is 3. The first-order valence-corrected chi connectivity index (χ1v) is 5.79. The van der Waals surface area contributed by atoms with E-state index >= 15 is 0 Å². The van der Waals surface area contributed by atoms with E-state index in [0.29, 0.717) is 11.3 Å². The third-order valence-electron chi connectivity index (χ3n) is 2.95. The summed E-state index contributed by atoms with van der Waals surface area (Å²) in [5.74, 6) is 0.708. The second-order valence-corrected chi connectivity index (χ2v) is 4.40. The van der Waals surface area contributed by atoms with E-state index in [9.17, 15) is 13.2 Å². The van der Waals surface area contributed by atoms with Crippen LogP contribution in [0.1, 0.15) is 18.0 Å². The van der Waals surface area contributed by atoms with Gasteiger partial charge in [-0.05, 0) is 34.5 Å². The van der Waals surface area contributed by atoms with Crippen molar-refractivity contribution in [3.63, 3.8) is 0 Å². The largest absolute Gasteiger partial charge is 0.497 e. The molecule has 20 heavy (non-hydrogen) atoms. The lowest BCUT2D eigenvalue weighted by Crippen LogP contribution is -2.20. The first kappa shape index (κ1) is 16.6. The molecule has 1 atom stereocenters. The van der Waals surface area contributed by atoms with Gasteiger partial charge in [-0.3, -0.25) is 0 Å². The number of fused-ring (bicyclic) bond motifs is 1. The summed E-state index contributed by atoms with van der Waals surface area (Å²) < 4.78 is 42.0. The molecule has 0 bridgehead atoms. The van der Waals surface area contributed by atoms with Gasteiger partial charge in [0.15, 0.2) is 0 Å². The van der Waals surface area contributed by atoms with Gasteiger partial charge in [0, 0.05) is 6.04 Å². The first-order chi connectivity index (χ1) is 8.89. The van der Waals surface area contributed by atoms with Crippen molar-refractivity contribution in [2.24, 2.45) is 5.73 Å². The Hall–Kier alpha value is -1.46. The van der Waals surface area contributed by atoms with Gasteiger partial charge in [0.25, 0.3) is 0 Å². The molecule has 2 rings (SSSR count). The average Bonchev–Trinajstić information content (AvgIpc) is 2.35. The molecule has 2 aromatic rings. The SMILES string of the molecule is COc1ccc2cc([C@H](N)CC(F)(F)F)ccc2c1.Cl. The number of nitrogens with two attached hydrogens (primary N) is 1. The molecule has 0 radical (unpaired) electrons. The highest BCUT2D eigenvalue weighted by Crippen LogP contribution is 2.30. The van der Waals surface area contributed by atoms with E-state index in [2.05, 4.69) is 0 Å². The molecule has 0 amide bonds. The molecule has 0 aliphatic carbocycles. The second-order valence-electron chi connectivity index (χ2n) is 4.40. The van der Waals surface area contributed by atoms with Crippen molar-refractivity contribution in [2.45, 2.75) is 18.6 Å². The van der Waals surface area contributed by atoms with Crippen molar-refractivity contribution >= 4 is 23.2 Å². The van der Waals surface area contributed by atoms with Crippen LogP contribution in [0.5, 0.6) is 5.75 Å². The minimum atomic E-state index is -4.26. The molecular formula is C14H15ClF3NO. The monoisotopic (exact) mass is 305 g/mol. The predicted octanol–water partition coefficient (Wildman–Crippen LogP) is 4.22. The van der Waals surface area contributed by atoms with Gasteiger partial charge in [-0.1, -0.05) is 18.2 Å². The third-order valence-corrected chi connectivity index (χ3v) is 2.95. The number of alkyl halides is 3. The molecule has 2 aromatic carbocycles. The third kappa shape index (κ3) is 4.02. The van der Waals surface area contributed by atoms with Crippen molar-refractivity contribution in [3.8, 4) is 5.75 Å². The number of hydrogen-bond acceptors (Lipinski definition) is 2. The summed E-state index contributed by atoms with van der Waals surface area (Å²) >= 11 is 0. The van der Waals surface area contributed by atoms with Crippen LogP contribution in [0.25, 0.3) is 10.8 Å². The van der Waals surface area contributed by atoms with E-state index in [0.717, 1.165) is 10.8 Å². The molecule has 2 N–H and O–H groups in total. The predicted molar refractivity (Wildman–Crippen MR) is 75.3 cm³/mol. The zero-order valence-electron chi connectivity index (χ0n) is 10.8. The van der Waals surface area contributed by atoms with Crippen LogP contribution < -0.4 is 10.5 Å². The Balaban J connectivity index is 0.00000200. The maximum atomic E-state index is 12.3. The lowest BCUT2D eigenvalue weighted by molar-refractivity contribution is -0.138. The maximum Gasteiger partial charge on any atom is 0.390 e. The van der Waals surface area contributed by atoms with Crippen LogP contribution >= 0.6 is 12.4 Å². The number of halogens is 4. The standard InChI is InChI=1S/C14H14F3NO.ClH/c1-19-12-5-4-9-6-11(3-2-10(9)7-12)13(18)8-14(15,16)17;/h2-7,13H,8,18H2,1H3;1H/t13-;/m1./s1. The molecule has 2 nitrogen and oxygen atoms in total.